The molecule has 1 amide bonds. The number of nitrogens with one attached hydrogen (secondary N) is 2. The fraction of sp³-hybridized carbons (Fsp3) is 0.538. The Kier molecular flexibility index (Phi) is 3.35. The molecule has 1 aromatic heterocycles. The van der Waals surface area contributed by atoms with E-state index in [1.807, 2.05) is 0 Å². The van der Waals surface area contributed by atoms with Gasteiger partial charge in [-0.1, -0.05) is 0 Å². The Hall–Kier alpha value is -1.66. The third-order valence-corrected chi connectivity index (χ3v) is 4.10. The van der Waals surface area contributed by atoms with Crippen molar-refractivity contribution in [1.82, 2.24) is 15.2 Å². The van der Waals surface area contributed by atoms with Crippen molar-refractivity contribution in [3.8, 4) is 0 Å². The number of nitrogen functional groups attached to an aromatic ring is 1. The van der Waals surface area contributed by atoms with Crippen molar-refractivity contribution >= 4 is 11.7 Å². The van der Waals surface area contributed by atoms with E-state index in [-0.39, 0.29) is 11.9 Å². The minimum Gasteiger partial charge on any atom is -0.348 e. The van der Waals surface area contributed by atoms with Crippen LogP contribution in [0.15, 0.2) is 18.3 Å². The summed E-state index contributed by atoms with van der Waals surface area (Å²) < 4.78 is 0. The molecule has 0 bridgehead atoms. The summed E-state index contributed by atoms with van der Waals surface area (Å²) in [4.78, 5) is 18.7. The molecule has 19 heavy (non-hydrogen) atoms. The molecule has 2 aliphatic rings. The lowest BCUT2D eigenvalue weighted by Gasteiger charge is -2.21. The normalized spacial score (nSPS) is 26.2. The first-order valence-electron chi connectivity index (χ1n) is 6.75. The maximum Gasteiger partial charge on any atom is 0.253 e. The molecular formula is C13H19N5O. The number of aromatic nitrogens is 1. The number of rotatable bonds is 3. The Morgan fingerprint density at radius 1 is 1.37 bits per heavy atom. The molecule has 0 radical (unpaired) electrons. The van der Waals surface area contributed by atoms with Crippen molar-refractivity contribution in [1.29, 1.82) is 0 Å². The number of hydrogen-bond acceptors (Lipinski definition) is 5. The molecule has 0 spiro atoms. The van der Waals surface area contributed by atoms with Crippen LogP contribution in [0, 0.1) is 0 Å². The van der Waals surface area contributed by atoms with E-state index in [9.17, 15) is 4.79 Å². The van der Waals surface area contributed by atoms with Crippen molar-refractivity contribution in [2.45, 2.75) is 31.3 Å². The molecule has 2 unspecified atom stereocenters. The lowest BCUT2D eigenvalue weighted by molar-refractivity contribution is 0.0929. The molecule has 2 fully saturated rings. The molecule has 0 saturated carbocycles. The van der Waals surface area contributed by atoms with Crippen LogP contribution >= 0.6 is 0 Å². The highest BCUT2D eigenvalue weighted by Gasteiger charge is 2.37. The summed E-state index contributed by atoms with van der Waals surface area (Å²) in [7, 11) is 0. The highest BCUT2D eigenvalue weighted by atomic mass is 16.1. The largest absolute Gasteiger partial charge is 0.348 e. The average molecular weight is 261 g/mol. The minimum atomic E-state index is -0.0465. The summed E-state index contributed by atoms with van der Waals surface area (Å²) in [5.74, 6) is 5.76. The van der Waals surface area contributed by atoms with Crippen molar-refractivity contribution in [3.63, 3.8) is 0 Å². The fourth-order valence-electron chi connectivity index (χ4n) is 3.12. The van der Waals surface area contributed by atoms with E-state index in [1.165, 1.54) is 19.4 Å². The smallest absolute Gasteiger partial charge is 0.253 e. The fourth-order valence-corrected chi connectivity index (χ4v) is 3.12. The van der Waals surface area contributed by atoms with Gasteiger partial charge in [0.15, 0.2) is 0 Å². The first-order valence-corrected chi connectivity index (χ1v) is 6.75. The number of nitrogens with zero attached hydrogens (tertiary/aromatic N) is 2. The number of carbonyl (C=O) groups is 1. The number of amides is 1. The molecule has 1 aromatic rings. The van der Waals surface area contributed by atoms with E-state index in [0.29, 0.717) is 17.4 Å². The predicted molar refractivity (Wildman–Crippen MR) is 72.5 cm³/mol. The second-order valence-corrected chi connectivity index (χ2v) is 5.19. The van der Waals surface area contributed by atoms with Crippen molar-refractivity contribution in [2.75, 3.05) is 18.5 Å². The van der Waals surface area contributed by atoms with Gasteiger partial charge < -0.3 is 10.7 Å². The number of hydrazine groups is 1. The van der Waals surface area contributed by atoms with Crippen LogP contribution in [0.4, 0.5) is 5.82 Å². The summed E-state index contributed by atoms with van der Waals surface area (Å²) >= 11 is 0. The number of anilines is 1. The van der Waals surface area contributed by atoms with Crippen LogP contribution in [0.1, 0.15) is 29.6 Å². The predicted octanol–water partition coefficient (Wildman–Crippen LogP) is 0.334. The second kappa shape index (κ2) is 5.14. The molecule has 3 heterocycles. The van der Waals surface area contributed by atoms with Gasteiger partial charge in [0.05, 0.1) is 5.56 Å². The summed E-state index contributed by atoms with van der Waals surface area (Å²) in [5, 5.41) is 3.13. The van der Waals surface area contributed by atoms with Gasteiger partial charge in [-0.15, -0.1) is 0 Å². The van der Waals surface area contributed by atoms with Crippen molar-refractivity contribution in [2.24, 2.45) is 5.84 Å². The quantitative estimate of drug-likeness (QED) is 0.539. The maximum atomic E-state index is 12.2. The van der Waals surface area contributed by atoms with E-state index in [0.717, 1.165) is 13.0 Å². The van der Waals surface area contributed by atoms with E-state index < -0.39 is 0 Å². The molecule has 3 rings (SSSR count). The van der Waals surface area contributed by atoms with Crippen LogP contribution in [-0.4, -0.2) is 41.0 Å². The van der Waals surface area contributed by atoms with Gasteiger partial charge in [0.25, 0.3) is 5.91 Å². The van der Waals surface area contributed by atoms with Gasteiger partial charge in [0.1, 0.15) is 5.82 Å². The van der Waals surface area contributed by atoms with Gasteiger partial charge in [-0.2, -0.15) is 0 Å². The summed E-state index contributed by atoms with van der Waals surface area (Å²) in [6, 6.07) is 4.24. The lowest BCUT2D eigenvalue weighted by atomic mass is 10.1. The third-order valence-electron chi connectivity index (χ3n) is 4.10. The molecule has 0 aliphatic carbocycles. The third kappa shape index (κ3) is 2.41. The molecule has 2 atom stereocenters. The SMILES string of the molecule is NNc1ccc(C(=O)NC2CCN3CCCC23)cn1. The number of hydrogen-bond donors (Lipinski definition) is 3. The zero-order valence-corrected chi connectivity index (χ0v) is 10.8. The van der Waals surface area contributed by atoms with Crippen LogP contribution < -0.4 is 16.6 Å². The van der Waals surface area contributed by atoms with E-state index in [2.05, 4.69) is 20.6 Å². The molecule has 2 aliphatic heterocycles. The van der Waals surface area contributed by atoms with E-state index >= 15 is 0 Å². The van der Waals surface area contributed by atoms with Crippen LogP contribution in [-0.2, 0) is 0 Å². The molecule has 6 nitrogen and oxygen atoms in total. The topological polar surface area (TPSA) is 83.3 Å². The Morgan fingerprint density at radius 3 is 3.00 bits per heavy atom. The van der Waals surface area contributed by atoms with Crippen LogP contribution in [0.3, 0.4) is 0 Å². The second-order valence-electron chi connectivity index (χ2n) is 5.19. The average Bonchev–Trinajstić information content (AvgIpc) is 3.04. The summed E-state index contributed by atoms with van der Waals surface area (Å²) in [5.41, 5.74) is 3.03. The summed E-state index contributed by atoms with van der Waals surface area (Å²) in [6.45, 7) is 2.28. The zero-order valence-electron chi connectivity index (χ0n) is 10.8. The van der Waals surface area contributed by atoms with E-state index in [1.54, 1.807) is 18.3 Å². The Labute approximate surface area is 112 Å². The van der Waals surface area contributed by atoms with Crippen LogP contribution in [0.5, 0.6) is 0 Å². The highest BCUT2D eigenvalue weighted by Crippen LogP contribution is 2.28. The van der Waals surface area contributed by atoms with Crippen molar-refractivity contribution < 1.29 is 4.79 Å². The zero-order chi connectivity index (χ0) is 13.2. The molecule has 4 N–H and O–H groups in total. The van der Waals surface area contributed by atoms with Gasteiger partial charge in [0.2, 0.25) is 0 Å². The van der Waals surface area contributed by atoms with Crippen molar-refractivity contribution in [3.05, 3.63) is 23.9 Å². The standard InChI is InChI=1S/C13H19N5O/c14-17-12-4-3-9(8-15-12)13(19)16-10-5-7-18-6-1-2-11(10)18/h3-4,8,10-11H,1-2,5-7,14H2,(H,15,17)(H,16,19). The number of pyridine rings is 1. The molecule has 0 aromatic carbocycles. The van der Waals surface area contributed by atoms with Gasteiger partial charge in [-0.25, -0.2) is 10.8 Å². The van der Waals surface area contributed by atoms with Crippen LogP contribution in [0.25, 0.3) is 0 Å². The number of fused-ring (bicyclic) bond motifs is 1. The first-order chi connectivity index (χ1) is 9.28. The molecule has 2 saturated heterocycles. The van der Waals surface area contributed by atoms with Crippen LogP contribution in [0.2, 0.25) is 0 Å². The van der Waals surface area contributed by atoms with Gasteiger partial charge in [0, 0.05) is 24.8 Å². The van der Waals surface area contributed by atoms with Gasteiger partial charge >= 0.3 is 0 Å². The Bertz CT molecular complexity index is 461. The number of nitrogens with two attached hydrogens (primary N) is 1. The Balaban J connectivity index is 1.64. The molecule has 102 valence electrons. The molecule has 6 heteroatoms. The number of carbonyl (C=O) groups excluding carboxylic acids is 1. The lowest BCUT2D eigenvalue weighted by Crippen LogP contribution is -2.42. The highest BCUT2D eigenvalue weighted by molar-refractivity contribution is 5.94. The summed E-state index contributed by atoms with van der Waals surface area (Å²) in [6.07, 6.45) is 5.03. The first kappa shape index (κ1) is 12.4. The van der Waals surface area contributed by atoms with E-state index in [4.69, 9.17) is 5.84 Å². The van der Waals surface area contributed by atoms with Gasteiger partial charge in [-0.05, 0) is 37.9 Å². The Morgan fingerprint density at radius 2 is 2.26 bits per heavy atom. The molecular weight excluding hydrogens is 242 g/mol. The van der Waals surface area contributed by atoms with Gasteiger partial charge in [-0.3, -0.25) is 9.69 Å². The maximum absolute atomic E-state index is 12.2. The minimum absolute atomic E-state index is 0.0465. The monoisotopic (exact) mass is 261 g/mol.